The van der Waals surface area contributed by atoms with Gasteiger partial charge in [0.1, 0.15) is 17.1 Å². The second-order valence-corrected chi connectivity index (χ2v) is 5.60. The maximum absolute atomic E-state index is 14.6. The molecular weight excluding hydrogens is 378 g/mol. The standard InChI is InChI=1S/C19H17FN2O2.2ClH/c1-11(21)13-8-16(20)18(17(9-13)24-2)19(23)15-5-3-4-12-10-22-7-6-14(12)15;;/h3-11H,21H2,1-2H3;2*1H. The van der Waals surface area contributed by atoms with Crippen molar-refractivity contribution in [1.82, 2.24) is 4.98 Å². The van der Waals surface area contributed by atoms with Crippen LogP contribution < -0.4 is 10.5 Å². The minimum Gasteiger partial charge on any atom is -0.496 e. The summed E-state index contributed by atoms with van der Waals surface area (Å²) in [6.07, 6.45) is 3.27. The van der Waals surface area contributed by atoms with E-state index in [9.17, 15) is 9.18 Å². The van der Waals surface area contributed by atoms with E-state index in [0.29, 0.717) is 11.1 Å². The van der Waals surface area contributed by atoms with Gasteiger partial charge in [0, 0.05) is 29.4 Å². The van der Waals surface area contributed by atoms with Crippen LogP contribution in [-0.4, -0.2) is 17.9 Å². The van der Waals surface area contributed by atoms with Crippen LogP contribution in [0.1, 0.15) is 34.5 Å². The molecule has 138 valence electrons. The van der Waals surface area contributed by atoms with Crippen LogP contribution in [0, 0.1) is 5.82 Å². The van der Waals surface area contributed by atoms with Crippen molar-refractivity contribution in [2.75, 3.05) is 7.11 Å². The molecule has 0 saturated heterocycles. The van der Waals surface area contributed by atoms with E-state index in [1.54, 1.807) is 43.6 Å². The van der Waals surface area contributed by atoms with Crippen LogP contribution in [0.3, 0.4) is 0 Å². The van der Waals surface area contributed by atoms with Gasteiger partial charge < -0.3 is 10.5 Å². The van der Waals surface area contributed by atoms with Crippen LogP contribution in [0.5, 0.6) is 5.75 Å². The number of nitrogens with two attached hydrogens (primary N) is 1. The highest BCUT2D eigenvalue weighted by Gasteiger charge is 2.22. The number of ether oxygens (including phenoxy) is 1. The number of carbonyl (C=O) groups is 1. The van der Waals surface area contributed by atoms with Gasteiger partial charge in [-0.3, -0.25) is 9.78 Å². The normalized spacial score (nSPS) is 11.2. The Morgan fingerprint density at radius 3 is 2.62 bits per heavy atom. The average Bonchev–Trinajstić information content (AvgIpc) is 2.59. The smallest absolute Gasteiger partial charge is 0.200 e. The summed E-state index contributed by atoms with van der Waals surface area (Å²) >= 11 is 0. The molecule has 3 rings (SSSR count). The SMILES string of the molecule is COc1cc(C(C)N)cc(F)c1C(=O)c1cccc2cnccc12.Cl.Cl. The Labute approximate surface area is 163 Å². The van der Waals surface area contributed by atoms with Gasteiger partial charge in [0.15, 0.2) is 5.78 Å². The predicted molar refractivity (Wildman–Crippen MR) is 105 cm³/mol. The summed E-state index contributed by atoms with van der Waals surface area (Å²) in [4.78, 5) is 17.0. The minimum atomic E-state index is -0.641. The van der Waals surface area contributed by atoms with Crippen molar-refractivity contribution in [1.29, 1.82) is 0 Å². The molecule has 1 atom stereocenters. The Morgan fingerprint density at radius 2 is 1.96 bits per heavy atom. The van der Waals surface area contributed by atoms with Gasteiger partial charge in [-0.15, -0.1) is 24.8 Å². The number of fused-ring (bicyclic) bond motifs is 1. The number of aromatic nitrogens is 1. The molecule has 26 heavy (non-hydrogen) atoms. The van der Waals surface area contributed by atoms with Gasteiger partial charge in [0.05, 0.1) is 7.11 Å². The molecule has 4 nitrogen and oxygen atoms in total. The highest BCUT2D eigenvalue weighted by molar-refractivity contribution is 6.17. The molecule has 0 aliphatic heterocycles. The molecule has 1 heterocycles. The van der Waals surface area contributed by atoms with E-state index in [2.05, 4.69) is 4.98 Å². The van der Waals surface area contributed by atoms with Crippen LogP contribution in [0.15, 0.2) is 48.8 Å². The number of halogens is 3. The van der Waals surface area contributed by atoms with E-state index in [1.165, 1.54) is 13.2 Å². The number of ketones is 1. The molecule has 1 unspecified atom stereocenters. The molecule has 0 bridgehead atoms. The van der Waals surface area contributed by atoms with E-state index in [0.717, 1.165) is 10.8 Å². The molecule has 0 spiro atoms. The van der Waals surface area contributed by atoms with E-state index in [-0.39, 0.29) is 42.2 Å². The van der Waals surface area contributed by atoms with Crippen molar-refractivity contribution in [2.45, 2.75) is 13.0 Å². The van der Waals surface area contributed by atoms with Crippen molar-refractivity contribution >= 4 is 41.4 Å². The van der Waals surface area contributed by atoms with Gasteiger partial charge in [-0.05, 0) is 36.1 Å². The maximum atomic E-state index is 14.6. The fourth-order valence-electron chi connectivity index (χ4n) is 2.70. The Bertz CT molecular complexity index is 927. The molecule has 0 aliphatic carbocycles. The maximum Gasteiger partial charge on any atom is 0.200 e. The van der Waals surface area contributed by atoms with Crippen molar-refractivity contribution < 1.29 is 13.9 Å². The monoisotopic (exact) mass is 396 g/mol. The zero-order valence-electron chi connectivity index (χ0n) is 14.2. The van der Waals surface area contributed by atoms with Crippen LogP contribution in [-0.2, 0) is 0 Å². The first-order valence-corrected chi connectivity index (χ1v) is 7.53. The van der Waals surface area contributed by atoms with E-state index >= 15 is 0 Å². The van der Waals surface area contributed by atoms with Gasteiger partial charge in [0.25, 0.3) is 0 Å². The lowest BCUT2D eigenvalue weighted by Crippen LogP contribution is -2.11. The van der Waals surface area contributed by atoms with Gasteiger partial charge in [-0.25, -0.2) is 4.39 Å². The predicted octanol–water partition coefficient (Wildman–Crippen LogP) is 4.48. The van der Waals surface area contributed by atoms with Crippen molar-refractivity contribution in [3.8, 4) is 5.75 Å². The minimum absolute atomic E-state index is 0. The zero-order chi connectivity index (χ0) is 17.3. The quantitative estimate of drug-likeness (QED) is 0.660. The summed E-state index contributed by atoms with van der Waals surface area (Å²) < 4.78 is 19.9. The number of benzene rings is 2. The average molecular weight is 397 g/mol. The lowest BCUT2D eigenvalue weighted by atomic mass is 9.95. The first kappa shape index (κ1) is 21.8. The molecule has 1 aromatic heterocycles. The number of hydrogen-bond acceptors (Lipinski definition) is 4. The number of carbonyl (C=O) groups excluding carboxylic acids is 1. The third-order valence-corrected chi connectivity index (χ3v) is 3.97. The van der Waals surface area contributed by atoms with Gasteiger partial charge in [-0.2, -0.15) is 0 Å². The van der Waals surface area contributed by atoms with Gasteiger partial charge in [-0.1, -0.05) is 18.2 Å². The third-order valence-electron chi connectivity index (χ3n) is 3.97. The van der Waals surface area contributed by atoms with Gasteiger partial charge >= 0.3 is 0 Å². The molecule has 0 aliphatic rings. The number of hydrogen-bond donors (Lipinski definition) is 1. The molecule has 0 radical (unpaired) electrons. The summed E-state index contributed by atoms with van der Waals surface area (Å²) in [5.74, 6) is -0.895. The molecule has 2 N–H and O–H groups in total. The largest absolute Gasteiger partial charge is 0.496 e. The summed E-state index contributed by atoms with van der Waals surface area (Å²) in [5.41, 5.74) is 6.69. The number of pyridine rings is 1. The van der Waals surface area contributed by atoms with Crippen molar-refractivity contribution in [3.05, 3.63) is 71.3 Å². The van der Waals surface area contributed by atoms with E-state index in [1.807, 2.05) is 6.07 Å². The Hall–Kier alpha value is -2.21. The Balaban J connectivity index is 0.00000169. The summed E-state index contributed by atoms with van der Waals surface area (Å²) in [6, 6.07) is 9.54. The topological polar surface area (TPSA) is 65.2 Å². The Kier molecular flexibility index (Phi) is 7.51. The number of nitrogens with zero attached hydrogens (tertiary/aromatic N) is 1. The molecule has 0 saturated carbocycles. The second-order valence-electron chi connectivity index (χ2n) is 5.60. The number of rotatable bonds is 4. The molecule has 3 aromatic rings. The fraction of sp³-hybridized carbons (Fsp3) is 0.158. The van der Waals surface area contributed by atoms with Crippen LogP contribution in [0.4, 0.5) is 4.39 Å². The molecular formula is C19H19Cl2FN2O2. The van der Waals surface area contributed by atoms with E-state index < -0.39 is 11.6 Å². The molecule has 0 fully saturated rings. The van der Waals surface area contributed by atoms with Crippen LogP contribution in [0.2, 0.25) is 0 Å². The van der Waals surface area contributed by atoms with Crippen LogP contribution >= 0.6 is 24.8 Å². The first-order chi connectivity index (χ1) is 11.5. The lowest BCUT2D eigenvalue weighted by Gasteiger charge is -2.14. The second kappa shape index (κ2) is 8.94. The highest BCUT2D eigenvalue weighted by Crippen LogP contribution is 2.30. The third kappa shape index (κ3) is 3.96. The highest BCUT2D eigenvalue weighted by atomic mass is 35.5. The first-order valence-electron chi connectivity index (χ1n) is 7.53. The Morgan fingerprint density at radius 1 is 1.23 bits per heavy atom. The summed E-state index contributed by atoms with van der Waals surface area (Å²) in [5, 5.41) is 1.53. The van der Waals surface area contributed by atoms with Crippen molar-refractivity contribution in [2.24, 2.45) is 5.73 Å². The molecule has 7 heteroatoms. The summed E-state index contributed by atoms with van der Waals surface area (Å²) in [7, 11) is 1.41. The number of methoxy groups -OCH3 is 1. The lowest BCUT2D eigenvalue weighted by molar-refractivity contribution is 0.103. The summed E-state index contributed by atoms with van der Waals surface area (Å²) in [6.45, 7) is 1.74. The van der Waals surface area contributed by atoms with E-state index in [4.69, 9.17) is 10.5 Å². The fourth-order valence-corrected chi connectivity index (χ4v) is 2.70. The molecule has 0 amide bonds. The molecule has 2 aromatic carbocycles. The zero-order valence-corrected chi connectivity index (χ0v) is 15.9. The van der Waals surface area contributed by atoms with Gasteiger partial charge in [0.2, 0.25) is 0 Å². The van der Waals surface area contributed by atoms with Crippen LogP contribution in [0.25, 0.3) is 10.8 Å². The van der Waals surface area contributed by atoms with Crippen molar-refractivity contribution in [3.63, 3.8) is 0 Å².